The van der Waals surface area contributed by atoms with E-state index in [4.69, 9.17) is 0 Å². The molecule has 1 aromatic carbocycles. The summed E-state index contributed by atoms with van der Waals surface area (Å²) < 4.78 is 3.75. The second-order valence-corrected chi connectivity index (χ2v) is 7.10. The largest absolute Gasteiger partial charge is 0.333 e. The zero-order valence-corrected chi connectivity index (χ0v) is 15.6. The van der Waals surface area contributed by atoms with Crippen molar-refractivity contribution in [2.45, 2.75) is 32.2 Å². The molecule has 0 atom stereocenters. The van der Waals surface area contributed by atoms with Gasteiger partial charge in [0.05, 0.1) is 23.9 Å². The molecule has 0 aliphatic carbocycles. The van der Waals surface area contributed by atoms with E-state index in [1.54, 1.807) is 17.2 Å². The second-order valence-electron chi connectivity index (χ2n) is 6.11. The third kappa shape index (κ3) is 4.92. The highest BCUT2D eigenvalue weighted by atomic mass is 32.2. The van der Waals surface area contributed by atoms with E-state index in [9.17, 15) is 4.79 Å². The summed E-state index contributed by atoms with van der Waals surface area (Å²) in [5.41, 5.74) is 1.89. The number of anilines is 1. The zero-order chi connectivity index (χ0) is 18.4. The van der Waals surface area contributed by atoms with Crippen LogP contribution in [0, 0.1) is 0 Å². The van der Waals surface area contributed by atoms with Gasteiger partial charge in [0.25, 0.3) is 0 Å². The van der Waals surface area contributed by atoms with E-state index in [0.717, 1.165) is 23.6 Å². The number of carbonyl (C=O) groups is 1. The van der Waals surface area contributed by atoms with Crippen molar-refractivity contribution in [1.82, 2.24) is 29.8 Å². The predicted octanol–water partition coefficient (Wildman–Crippen LogP) is 2.37. The maximum absolute atomic E-state index is 12.2. The van der Waals surface area contributed by atoms with Crippen LogP contribution >= 0.6 is 11.8 Å². The van der Waals surface area contributed by atoms with Crippen LogP contribution in [0.3, 0.4) is 0 Å². The smallest absolute Gasteiger partial charge is 0.234 e. The molecule has 3 rings (SSSR count). The number of amides is 1. The number of hydrogen-bond donors (Lipinski definition) is 1. The molecule has 0 aliphatic rings. The maximum atomic E-state index is 12.2. The molecule has 1 N–H and O–H groups in total. The van der Waals surface area contributed by atoms with Gasteiger partial charge in [-0.3, -0.25) is 4.79 Å². The first-order valence-electron chi connectivity index (χ1n) is 8.31. The molecule has 9 heteroatoms. The monoisotopic (exact) mass is 371 g/mol. The van der Waals surface area contributed by atoms with Crippen molar-refractivity contribution in [3.63, 3.8) is 0 Å². The van der Waals surface area contributed by atoms with Crippen LogP contribution in [-0.4, -0.2) is 41.4 Å². The van der Waals surface area contributed by atoms with E-state index in [-0.39, 0.29) is 11.9 Å². The Morgan fingerprint density at radius 3 is 3.00 bits per heavy atom. The molecule has 8 nitrogen and oxygen atoms in total. The van der Waals surface area contributed by atoms with Crippen LogP contribution in [0.2, 0.25) is 0 Å². The molecule has 0 aliphatic heterocycles. The summed E-state index contributed by atoms with van der Waals surface area (Å²) in [6, 6.07) is 8.02. The van der Waals surface area contributed by atoms with Crippen molar-refractivity contribution in [2.24, 2.45) is 0 Å². The first-order chi connectivity index (χ1) is 12.6. The number of benzene rings is 1. The number of thioether (sulfide) groups is 1. The average molecular weight is 371 g/mol. The summed E-state index contributed by atoms with van der Waals surface area (Å²) in [6.07, 6.45) is 5.43. The Hall–Kier alpha value is -2.68. The first-order valence-corrected chi connectivity index (χ1v) is 9.46. The molecule has 2 aromatic heterocycles. The zero-order valence-electron chi connectivity index (χ0n) is 14.7. The molecule has 0 unspecified atom stereocenters. The van der Waals surface area contributed by atoms with E-state index in [1.165, 1.54) is 11.8 Å². The fourth-order valence-corrected chi connectivity index (χ4v) is 3.21. The molecule has 3 aromatic rings. The minimum atomic E-state index is -0.0432. The topological polar surface area (TPSA) is 90.5 Å². The van der Waals surface area contributed by atoms with Crippen LogP contribution in [0.15, 0.2) is 43.0 Å². The van der Waals surface area contributed by atoms with Gasteiger partial charge in [-0.25, -0.2) is 9.67 Å². The molecule has 136 valence electrons. The summed E-state index contributed by atoms with van der Waals surface area (Å²) in [7, 11) is 0. The van der Waals surface area contributed by atoms with E-state index in [0.29, 0.717) is 11.5 Å². The van der Waals surface area contributed by atoms with Crippen molar-refractivity contribution in [1.29, 1.82) is 0 Å². The lowest BCUT2D eigenvalue weighted by Gasteiger charge is -2.09. The van der Waals surface area contributed by atoms with Gasteiger partial charge in [-0.15, -0.1) is 16.9 Å². The van der Waals surface area contributed by atoms with Gasteiger partial charge < -0.3 is 9.88 Å². The van der Waals surface area contributed by atoms with Gasteiger partial charge >= 0.3 is 0 Å². The standard InChI is InChI=1S/C17H21N7OS/c1-13(2)24-16(20-21-22-24)10-26-11-17(25)19-15-5-3-4-14(8-15)9-23-7-6-18-12-23/h3-8,12-13H,9-11H2,1-2H3,(H,19,25). The Morgan fingerprint density at radius 1 is 1.35 bits per heavy atom. The minimum absolute atomic E-state index is 0.0432. The Labute approximate surface area is 156 Å². The first kappa shape index (κ1) is 18.1. The van der Waals surface area contributed by atoms with Gasteiger partial charge in [0.1, 0.15) is 0 Å². The van der Waals surface area contributed by atoms with E-state index < -0.39 is 0 Å². The van der Waals surface area contributed by atoms with Gasteiger partial charge in [0.2, 0.25) is 5.91 Å². The summed E-state index contributed by atoms with van der Waals surface area (Å²) in [5, 5.41) is 14.6. The Morgan fingerprint density at radius 2 is 2.23 bits per heavy atom. The van der Waals surface area contributed by atoms with Gasteiger partial charge in [0, 0.05) is 24.6 Å². The van der Waals surface area contributed by atoms with Gasteiger partial charge in [0.15, 0.2) is 5.82 Å². The highest BCUT2D eigenvalue weighted by Crippen LogP contribution is 2.15. The van der Waals surface area contributed by atoms with Crippen molar-refractivity contribution in [3.05, 3.63) is 54.4 Å². The SMILES string of the molecule is CC(C)n1nnnc1CSCC(=O)Nc1cccc(Cn2ccnc2)c1. The number of carbonyl (C=O) groups excluding carboxylic acids is 1. The molecule has 0 saturated carbocycles. The van der Waals surface area contributed by atoms with Crippen LogP contribution in [0.4, 0.5) is 5.69 Å². The number of nitrogens with zero attached hydrogens (tertiary/aromatic N) is 6. The normalized spacial score (nSPS) is 11.0. The molecule has 0 saturated heterocycles. The molecular weight excluding hydrogens is 350 g/mol. The average Bonchev–Trinajstić information content (AvgIpc) is 3.27. The Kier molecular flexibility index (Phi) is 6.00. The third-order valence-corrected chi connectivity index (χ3v) is 4.58. The van der Waals surface area contributed by atoms with E-state index >= 15 is 0 Å². The molecule has 26 heavy (non-hydrogen) atoms. The van der Waals surface area contributed by atoms with Gasteiger partial charge in [-0.1, -0.05) is 12.1 Å². The highest BCUT2D eigenvalue weighted by Gasteiger charge is 2.10. The molecule has 0 fully saturated rings. The van der Waals surface area contributed by atoms with Gasteiger partial charge in [-0.05, 0) is 42.0 Å². The summed E-state index contributed by atoms with van der Waals surface area (Å²) in [5.74, 6) is 1.68. The van der Waals surface area contributed by atoms with Crippen molar-refractivity contribution >= 4 is 23.4 Å². The summed E-state index contributed by atoms with van der Waals surface area (Å²) in [6.45, 7) is 4.76. The van der Waals surface area contributed by atoms with Crippen LogP contribution < -0.4 is 5.32 Å². The second kappa shape index (κ2) is 8.61. The van der Waals surface area contributed by atoms with E-state index in [2.05, 4.69) is 25.8 Å². The van der Waals surface area contributed by atoms with Crippen molar-refractivity contribution in [2.75, 3.05) is 11.1 Å². The van der Waals surface area contributed by atoms with Gasteiger partial charge in [-0.2, -0.15) is 0 Å². The minimum Gasteiger partial charge on any atom is -0.333 e. The number of imidazole rings is 1. The van der Waals surface area contributed by atoms with Crippen LogP contribution in [0.25, 0.3) is 0 Å². The number of tetrazole rings is 1. The highest BCUT2D eigenvalue weighted by molar-refractivity contribution is 7.99. The summed E-state index contributed by atoms with van der Waals surface area (Å²) >= 11 is 1.49. The third-order valence-electron chi connectivity index (χ3n) is 3.65. The Balaban J connectivity index is 1.49. The number of nitrogens with one attached hydrogen (secondary N) is 1. The van der Waals surface area contributed by atoms with Crippen LogP contribution in [0.1, 0.15) is 31.3 Å². The molecule has 0 bridgehead atoms. The number of hydrogen-bond acceptors (Lipinski definition) is 6. The fraction of sp³-hybridized carbons (Fsp3) is 0.353. The van der Waals surface area contributed by atoms with Crippen molar-refractivity contribution in [3.8, 4) is 0 Å². The molecule has 0 radical (unpaired) electrons. The van der Waals surface area contributed by atoms with E-state index in [1.807, 2.05) is 48.9 Å². The maximum Gasteiger partial charge on any atom is 0.234 e. The Bertz CT molecular complexity index is 844. The molecule has 2 heterocycles. The lowest BCUT2D eigenvalue weighted by Crippen LogP contribution is -2.15. The lowest BCUT2D eigenvalue weighted by molar-refractivity contribution is -0.113. The number of aromatic nitrogens is 6. The molecule has 1 amide bonds. The summed E-state index contributed by atoms with van der Waals surface area (Å²) in [4.78, 5) is 16.2. The van der Waals surface area contributed by atoms with Crippen LogP contribution in [0.5, 0.6) is 0 Å². The lowest BCUT2D eigenvalue weighted by atomic mass is 10.2. The molecule has 0 spiro atoms. The van der Waals surface area contributed by atoms with Crippen LogP contribution in [-0.2, 0) is 17.1 Å². The molecular formula is C17H21N7OS. The fourth-order valence-electron chi connectivity index (χ4n) is 2.48. The quantitative estimate of drug-likeness (QED) is 0.654. The number of rotatable bonds is 8. The van der Waals surface area contributed by atoms with Crippen molar-refractivity contribution < 1.29 is 4.79 Å². The predicted molar refractivity (Wildman–Crippen MR) is 101 cm³/mol.